The smallest absolute Gasteiger partial charge is 0.322 e. The first kappa shape index (κ1) is 11.4. The fraction of sp³-hybridized carbons (Fsp3) is 0.444. The summed E-state index contributed by atoms with van der Waals surface area (Å²) in [7, 11) is 0. The summed E-state index contributed by atoms with van der Waals surface area (Å²) in [6, 6.07) is 0.610. The van der Waals surface area contributed by atoms with Crippen LogP contribution >= 0.6 is 0 Å². The van der Waals surface area contributed by atoms with Gasteiger partial charge in [0.2, 0.25) is 5.89 Å². The molecule has 0 aliphatic heterocycles. The Kier molecular flexibility index (Phi) is 3.55. The van der Waals surface area contributed by atoms with Gasteiger partial charge in [0.05, 0.1) is 18.9 Å². The Morgan fingerprint density at radius 1 is 1.24 bits per heavy atom. The van der Waals surface area contributed by atoms with Crippen molar-refractivity contribution in [2.75, 3.05) is 5.32 Å². The summed E-state index contributed by atoms with van der Waals surface area (Å²) in [5.74, 6) is 0.824. The molecule has 0 bridgehead atoms. The van der Waals surface area contributed by atoms with Gasteiger partial charge in [0, 0.05) is 6.04 Å². The van der Waals surface area contributed by atoms with E-state index in [1.807, 2.05) is 13.8 Å². The standard InChI is InChI=1S/C9H13N7O/c1-6(2)11-5-7-14-16-9(17-7)13-8-10-3-4-12-15-8/h3-4,6,11H,5H2,1-2H3,(H,10,13,15,16). The van der Waals surface area contributed by atoms with Gasteiger partial charge in [0.25, 0.3) is 5.95 Å². The van der Waals surface area contributed by atoms with Crippen molar-refractivity contribution in [3.05, 3.63) is 18.3 Å². The summed E-state index contributed by atoms with van der Waals surface area (Å²) >= 11 is 0. The van der Waals surface area contributed by atoms with Crippen molar-refractivity contribution in [2.45, 2.75) is 26.4 Å². The maximum absolute atomic E-state index is 5.33. The highest BCUT2D eigenvalue weighted by atomic mass is 16.4. The summed E-state index contributed by atoms with van der Waals surface area (Å²) in [6.07, 6.45) is 3.00. The Bertz CT molecular complexity index is 455. The number of rotatable bonds is 5. The van der Waals surface area contributed by atoms with Crippen LogP contribution in [0.2, 0.25) is 0 Å². The zero-order chi connectivity index (χ0) is 12.1. The average molecular weight is 235 g/mol. The van der Waals surface area contributed by atoms with Crippen molar-refractivity contribution in [3.8, 4) is 0 Å². The van der Waals surface area contributed by atoms with Gasteiger partial charge in [-0.3, -0.25) is 5.32 Å². The van der Waals surface area contributed by atoms with E-state index in [0.29, 0.717) is 24.4 Å². The number of nitrogens with zero attached hydrogens (tertiary/aromatic N) is 5. The number of hydrogen-bond donors (Lipinski definition) is 2. The molecule has 2 N–H and O–H groups in total. The van der Waals surface area contributed by atoms with Crippen molar-refractivity contribution in [1.82, 2.24) is 30.7 Å². The van der Waals surface area contributed by atoms with Gasteiger partial charge >= 0.3 is 6.01 Å². The summed E-state index contributed by atoms with van der Waals surface area (Å²) in [6.45, 7) is 4.61. The minimum absolute atomic E-state index is 0.249. The quantitative estimate of drug-likeness (QED) is 0.772. The fourth-order valence-electron chi connectivity index (χ4n) is 1.07. The molecular formula is C9H13N7O. The van der Waals surface area contributed by atoms with Crippen LogP contribution in [0.15, 0.2) is 16.8 Å². The maximum atomic E-state index is 5.33. The van der Waals surface area contributed by atoms with Crippen molar-refractivity contribution >= 4 is 12.0 Å². The molecule has 0 aromatic carbocycles. The van der Waals surface area contributed by atoms with Gasteiger partial charge in [-0.25, -0.2) is 4.98 Å². The van der Waals surface area contributed by atoms with E-state index in [4.69, 9.17) is 4.42 Å². The van der Waals surface area contributed by atoms with Crippen LogP contribution in [-0.4, -0.2) is 31.4 Å². The highest BCUT2D eigenvalue weighted by Crippen LogP contribution is 2.09. The molecule has 17 heavy (non-hydrogen) atoms. The Morgan fingerprint density at radius 2 is 2.12 bits per heavy atom. The topological polar surface area (TPSA) is 102 Å². The van der Waals surface area contributed by atoms with E-state index in [2.05, 4.69) is 36.0 Å². The SMILES string of the molecule is CC(C)NCc1nnc(Nc2nccnn2)o1. The molecule has 2 heterocycles. The zero-order valence-electron chi connectivity index (χ0n) is 9.58. The minimum atomic E-state index is 0.249. The Balaban J connectivity index is 1.94. The van der Waals surface area contributed by atoms with Crippen molar-refractivity contribution in [1.29, 1.82) is 0 Å². The third-order valence-electron chi connectivity index (χ3n) is 1.83. The molecule has 2 rings (SSSR count). The van der Waals surface area contributed by atoms with Gasteiger partial charge in [-0.15, -0.1) is 10.2 Å². The first-order valence-corrected chi connectivity index (χ1v) is 5.20. The summed E-state index contributed by atoms with van der Waals surface area (Å²) in [5, 5.41) is 21.0. The molecule has 0 amide bonds. The van der Waals surface area contributed by atoms with Crippen LogP contribution in [0.5, 0.6) is 0 Å². The lowest BCUT2D eigenvalue weighted by Gasteiger charge is -2.03. The van der Waals surface area contributed by atoms with Gasteiger partial charge in [-0.2, -0.15) is 5.10 Å². The Morgan fingerprint density at radius 3 is 2.82 bits per heavy atom. The lowest BCUT2D eigenvalue weighted by atomic mass is 10.4. The van der Waals surface area contributed by atoms with E-state index < -0.39 is 0 Å². The van der Waals surface area contributed by atoms with E-state index in [1.165, 1.54) is 12.4 Å². The molecular weight excluding hydrogens is 222 g/mol. The molecule has 0 saturated heterocycles. The number of hydrogen-bond acceptors (Lipinski definition) is 8. The minimum Gasteiger partial charge on any atom is -0.406 e. The van der Waals surface area contributed by atoms with Gasteiger partial charge in [0.15, 0.2) is 0 Å². The second kappa shape index (κ2) is 5.30. The van der Waals surface area contributed by atoms with Gasteiger partial charge in [-0.1, -0.05) is 18.9 Å². The Hall–Kier alpha value is -2.09. The van der Waals surface area contributed by atoms with E-state index in [1.54, 1.807) is 0 Å². The molecule has 90 valence electrons. The monoisotopic (exact) mass is 235 g/mol. The van der Waals surface area contributed by atoms with Crippen LogP contribution < -0.4 is 10.6 Å². The largest absolute Gasteiger partial charge is 0.406 e. The fourth-order valence-corrected chi connectivity index (χ4v) is 1.07. The molecule has 0 unspecified atom stereocenters. The van der Waals surface area contributed by atoms with Crippen LogP contribution in [0, 0.1) is 0 Å². The third-order valence-corrected chi connectivity index (χ3v) is 1.83. The maximum Gasteiger partial charge on any atom is 0.322 e. The van der Waals surface area contributed by atoms with Crippen LogP contribution in [0.3, 0.4) is 0 Å². The van der Waals surface area contributed by atoms with Gasteiger partial charge in [-0.05, 0) is 0 Å². The van der Waals surface area contributed by atoms with Crippen LogP contribution in [0.1, 0.15) is 19.7 Å². The highest BCUT2D eigenvalue weighted by Gasteiger charge is 2.07. The normalized spacial score (nSPS) is 10.8. The average Bonchev–Trinajstić information content (AvgIpc) is 2.75. The summed E-state index contributed by atoms with van der Waals surface area (Å²) in [5.41, 5.74) is 0. The number of nitrogens with one attached hydrogen (secondary N) is 2. The predicted molar refractivity (Wildman–Crippen MR) is 59.4 cm³/mol. The van der Waals surface area contributed by atoms with Crippen LogP contribution in [0.4, 0.5) is 12.0 Å². The van der Waals surface area contributed by atoms with Gasteiger partial charge < -0.3 is 9.73 Å². The number of anilines is 2. The second-order valence-electron chi connectivity index (χ2n) is 3.63. The number of aromatic nitrogens is 5. The molecule has 0 saturated carbocycles. The van der Waals surface area contributed by atoms with E-state index in [9.17, 15) is 0 Å². The summed E-state index contributed by atoms with van der Waals surface area (Å²) in [4.78, 5) is 3.93. The molecule has 0 aliphatic rings. The molecule has 0 spiro atoms. The van der Waals surface area contributed by atoms with E-state index in [0.717, 1.165) is 0 Å². The van der Waals surface area contributed by atoms with Crippen LogP contribution in [-0.2, 0) is 6.54 Å². The molecule has 0 atom stereocenters. The Labute approximate surface area is 97.9 Å². The third kappa shape index (κ3) is 3.45. The predicted octanol–water partition coefficient (Wildman–Crippen LogP) is 0.496. The first-order chi connectivity index (χ1) is 8.24. The van der Waals surface area contributed by atoms with Crippen molar-refractivity contribution in [2.24, 2.45) is 0 Å². The molecule has 2 aromatic rings. The van der Waals surface area contributed by atoms with Gasteiger partial charge in [0.1, 0.15) is 0 Å². The van der Waals surface area contributed by atoms with Crippen LogP contribution in [0.25, 0.3) is 0 Å². The zero-order valence-corrected chi connectivity index (χ0v) is 9.58. The summed E-state index contributed by atoms with van der Waals surface area (Å²) < 4.78 is 5.33. The molecule has 8 nitrogen and oxygen atoms in total. The molecule has 0 aliphatic carbocycles. The van der Waals surface area contributed by atoms with E-state index in [-0.39, 0.29) is 6.01 Å². The lowest BCUT2D eigenvalue weighted by Crippen LogP contribution is -2.21. The molecule has 2 aromatic heterocycles. The highest BCUT2D eigenvalue weighted by molar-refractivity contribution is 5.37. The van der Waals surface area contributed by atoms with Crippen molar-refractivity contribution in [3.63, 3.8) is 0 Å². The van der Waals surface area contributed by atoms with Crippen molar-refractivity contribution < 1.29 is 4.42 Å². The molecule has 8 heteroatoms. The lowest BCUT2D eigenvalue weighted by molar-refractivity contribution is 0.460. The molecule has 0 radical (unpaired) electrons. The first-order valence-electron chi connectivity index (χ1n) is 5.20. The van der Waals surface area contributed by atoms with E-state index >= 15 is 0 Å². The molecule has 0 fully saturated rings. The second-order valence-corrected chi connectivity index (χ2v) is 3.63.